The van der Waals surface area contributed by atoms with E-state index in [0.29, 0.717) is 20.1 Å². The Hall–Kier alpha value is -2.26. The van der Waals surface area contributed by atoms with Crippen molar-refractivity contribution in [3.8, 4) is 22.6 Å². The Labute approximate surface area is 279 Å². The molecule has 0 saturated heterocycles. The average molecular weight is 816 g/mol. The van der Waals surface area contributed by atoms with Crippen molar-refractivity contribution in [2.75, 3.05) is 0 Å². The minimum absolute atomic E-state index is 0.156. The van der Waals surface area contributed by atoms with Gasteiger partial charge in [-0.15, -0.1) is 0 Å². The lowest BCUT2D eigenvalue weighted by Gasteiger charge is -2.26. The molecule has 6 rings (SSSR count). The van der Waals surface area contributed by atoms with Crippen molar-refractivity contribution in [2.24, 2.45) is 9.98 Å². The first-order valence-electron chi connectivity index (χ1n) is 14.0. The summed E-state index contributed by atoms with van der Waals surface area (Å²) in [6.45, 7) is 0. The Kier molecular flexibility index (Phi) is 9.06. The van der Waals surface area contributed by atoms with E-state index in [2.05, 4.69) is 88.0 Å². The third-order valence-electron chi connectivity index (χ3n) is 8.07. The second-order valence-electron chi connectivity index (χ2n) is 10.8. The van der Waals surface area contributed by atoms with Gasteiger partial charge in [0.1, 0.15) is 11.5 Å². The smallest absolute Gasteiger partial charge is 0.138 e. The molecule has 0 saturated carbocycles. The lowest BCUT2D eigenvalue weighted by molar-refractivity contribution is 0.470. The number of aromatic hydroxyl groups is 2. The molecule has 0 heterocycles. The summed E-state index contributed by atoms with van der Waals surface area (Å²) in [5.41, 5.74) is 10.7. The molecule has 214 valence electrons. The largest absolute Gasteiger partial charge is 0.506 e. The Morgan fingerprint density at radius 1 is 0.548 bits per heavy atom. The van der Waals surface area contributed by atoms with E-state index in [1.54, 1.807) is 12.4 Å². The van der Waals surface area contributed by atoms with Crippen LogP contribution in [0.1, 0.15) is 59.1 Å². The van der Waals surface area contributed by atoms with Crippen molar-refractivity contribution in [1.82, 2.24) is 0 Å². The molecule has 2 aliphatic rings. The Morgan fingerprint density at radius 3 is 1.38 bits per heavy atom. The van der Waals surface area contributed by atoms with Crippen molar-refractivity contribution in [2.45, 2.75) is 51.4 Å². The molecule has 2 N–H and O–H groups in total. The van der Waals surface area contributed by atoms with Crippen LogP contribution in [0.4, 0.5) is 11.4 Å². The minimum atomic E-state index is 0.156. The first kappa shape index (κ1) is 29.8. The standard InChI is InChI=1S/C34H28Br4N2O2/c35-23-13-21(33(41)27(37)15-23)17-39-29-11-9-19-5-1-3-7-25(19)31(29)32-26-8-4-2-6-20(26)10-12-30(32)40-18-22-14-24(36)16-28(38)34(22)42/h9-18,41-42H,1-8H2. The maximum Gasteiger partial charge on any atom is 0.138 e. The first-order valence-corrected chi connectivity index (χ1v) is 17.2. The molecule has 0 aromatic heterocycles. The van der Waals surface area contributed by atoms with Crippen molar-refractivity contribution in [3.05, 3.63) is 99.8 Å². The second-order valence-corrected chi connectivity index (χ2v) is 14.3. The molecule has 0 aliphatic heterocycles. The van der Waals surface area contributed by atoms with E-state index in [9.17, 15) is 10.2 Å². The monoisotopic (exact) mass is 812 g/mol. The number of phenols is 2. The van der Waals surface area contributed by atoms with Crippen LogP contribution in [0.2, 0.25) is 0 Å². The topological polar surface area (TPSA) is 65.2 Å². The van der Waals surface area contributed by atoms with Crippen molar-refractivity contribution < 1.29 is 10.2 Å². The van der Waals surface area contributed by atoms with E-state index in [0.717, 1.165) is 70.0 Å². The van der Waals surface area contributed by atoms with Crippen LogP contribution in [0.25, 0.3) is 11.1 Å². The van der Waals surface area contributed by atoms with Crippen molar-refractivity contribution in [3.63, 3.8) is 0 Å². The number of rotatable bonds is 5. The van der Waals surface area contributed by atoms with Crippen LogP contribution >= 0.6 is 63.7 Å². The molecule has 0 atom stereocenters. The zero-order valence-electron chi connectivity index (χ0n) is 22.7. The van der Waals surface area contributed by atoms with Gasteiger partial charge in [-0.3, -0.25) is 9.98 Å². The number of phenolic OH excluding ortho intramolecular Hbond substituents is 2. The normalized spacial score (nSPS) is 14.9. The highest BCUT2D eigenvalue weighted by atomic mass is 79.9. The zero-order chi connectivity index (χ0) is 29.4. The number of hydrogen-bond donors (Lipinski definition) is 2. The maximum atomic E-state index is 10.7. The SMILES string of the molecule is Oc1c(Br)cc(Br)cc1C=Nc1ccc2c(c1-c1c(N=Cc3cc(Br)cc(Br)c3O)ccc3c1CCCC3)CCCC2. The van der Waals surface area contributed by atoms with E-state index >= 15 is 0 Å². The minimum Gasteiger partial charge on any atom is -0.506 e. The molecule has 4 nitrogen and oxygen atoms in total. The van der Waals surface area contributed by atoms with E-state index in [-0.39, 0.29) is 11.5 Å². The third kappa shape index (κ3) is 6.05. The average Bonchev–Trinajstić information content (AvgIpc) is 2.98. The molecule has 0 unspecified atom stereocenters. The lowest BCUT2D eigenvalue weighted by Crippen LogP contribution is -2.09. The van der Waals surface area contributed by atoms with Gasteiger partial charge in [-0.1, -0.05) is 44.0 Å². The fraction of sp³-hybridized carbons (Fsp3) is 0.235. The molecular formula is C34H28Br4N2O2. The molecule has 0 bridgehead atoms. The summed E-state index contributed by atoms with van der Waals surface area (Å²) < 4.78 is 2.94. The van der Waals surface area contributed by atoms with Crippen LogP contribution in [-0.4, -0.2) is 22.6 Å². The molecule has 2 aliphatic carbocycles. The van der Waals surface area contributed by atoms with E-state index in [1.165, 1.54) is 35.1 Å². The van der Waals surface area contributed by atoms with Crippen LogP contribution in [0.15, 0.2) is 76.4 Å². The number of aryl methyl sites for hydroxylation is 2. The summed E-state index contributed by atoms with van der Waals surface area (Å²) in [5.74, 6) is 0.313. The van der Waals surface area contributed by atoms with Crippen LogP contribution in [0.3, 0.4) is 0 Å². The molecule has 0 fully saturated rings. The van der Waals surface area contributed by atoms with Gasteiger partial charge in [0.15, 0.2) is 0 Å². The molecule has 4 aromatic rings. The fourth-order valence-corrected chi connectivity index (χ4v) is 8.57. The molecule has 4 aromatic carbocycles. The third-order valence-corrected chi connectivity index (χ3v) is 10.2. The highest BCUT2D eigenvalue weighted by molar-refractivity contribution is 9.11. The van der Waals surface area contributed by atoms with E-state index in [1.807, 2.05) is 24.3 Å². The summed E-state index contributed by atoms with van der Waals surface area (Å²) >= 11 is 14.0. The summed E-state index contributed by atoms with van der Waals surface area (Å²) in [6.07, 6.45) is 12.2. The van der Waals surface area contributed by atoms with E-state index in [4.69, 9.17) is 9.98 Å². The molecular weight excluding hydrogens is 788 g/mol. The van der Waals surface area contributed by atoms with Crippen LogP contribution in [-0.2, 0) is 25.7 Å². The quantitative estimate of drug-likeness (QED) is 0.197. The Morgan fingerprint density at radius 2 is 0.952 bits per heavy atom. The predicted octanol–water partition coefficient (Wildman–Crippen LogP) is 11.1. The van der Waals surface area contributed by atoms with Crippen LogP contribution < -0.4 is 0 Å². The van der Waals surface area contributed by atoms with E-state index < -0.39 is 0 Å². The number of fused-ring (bicyclic) bond motifs is 2. The molecule has 42 heavy (non-hydrogen) atoms. The molecule has 0 radical (unpaired) electrons. The number of benzene rings is 4. The number of aliphatic imine (C=N–C) groups is 2. The second kappa shape index (κ2) is 12.8. The van der Waals surface area contributed by atoms with Gasteiger partial charge in [-0.05, 0) is 142 Å². The van der Waals surface area contributed by atoms with Gasteiger partial charge in [0.05, 0.1) is 20.3 Å². The summed E-state index contributed by atoms with van der Waals surface area (Å²) in [5, 5.41) is 21.4. The highest BCUT2D eigenvalue weighted by Crippen LogP contribution is 2.47. The first-order chi connectivity index (χ1) is 20.3. The Balaban J connectivity index is 1.57. The van der Waals surface area contributed by atoms with Gasteiger partial charge in [0.2, 0.25) is 0 Å². The van der Waals surface area contributed by atoms with Gasteiger partial charge in [-0.2, -0.15) is 0 Å². The van der Waals surface area contributed by atoms with Gasteiger partial charge in [-0.25, -0.2) is 0 Å². The lowest BCUT2D eigenvalue weighted by atomic mass is 9.79. The number of hydrogen-bond acceptors (Lipinski definition) is 4. The van der Waals surface area contributed by atoms with Gasteiger partial charge in [0.25, 0.3) is 0 Å². The maximum absolute atomic E-state index is 10.7. The zero-order valence-corrected chi connectivity index (χ0v) is 29.1. The van der Waals surface area contributed by atoms with Crippen LogP contribution in [0, 0.1) is 0 Å². The molecule has 0 spiro atoms. The van der Waals surface area contributed by atoms with Gasteiger partial charge < -0.3 is 10.2 Å². The van der Waals surface area contributed by atoms with Crippen molar-refractivity contribution in [1.29, 1.82) is 0 Å². The van der Waals surface area contributed by atoms with Gasteiger partial charge >= 0.3 is 0 Å². The molecule has 0 amide bonds. The Bertz CT molecular complexity index is 1630. The van der Waals surface area contributed by atoms with Gasteiger partial charge in [0, 0.05) is 43.6 Å². The number of halogens is 4. The fourth-order valence-electron chi connectivity index (χ4n) is 6.05. The van der Waals surface area contributed by atoms with Crippen molar-refractivity contribution >= 4 is 87.5 Å². The number of nitrogens with zero attached hydrogens (tertiary/aromatic N) is 2. The highest BCUT2D eigenvalue weighted by Gasteiger charge is 2.25. The van der Waals surface area contributed by atoms with Crippen LogP contribution in [0.5, 0.6) is 11.5 Å². The summed E-state index contributed by atoms with van der Waals surface area (Å²) in [4.78, 5) is 10.0. The molecule has 8 heteroatoms. The predicted molar refractivity (Wildman–Crippen MR) is 187 cm³/mol. The summed E-state index contributed by atoms with van der Waals surface area (Å²) in [6, 6.07) is 16.0. The summed E-state index contributed by atoms with van der Waals surface area (Å²) in [7, 11) is 0.